The van der Waals surface area contributed by atoms with Gasteiger partial charge in [-0.15, -0.1) is 0 Å². The number of benzene rings is 4. The van der Waals surface area contributed by atoms with Crippen molar-refractivity contribution in [3.8, 4) is 0 Å². The molecule has 0 unspecified atom stereocenters. The van der Waals surface area contributed by atoms with Crippen molar-refractivity contribution in [2.45, 2.75) is 23.6 Å². The van der Waals surface area contributed by atoms with Crippen molar-refractivity contribution in [1.29, 1.82) is 0 Å². The summed E-state index contributed by atoms with van der Waals surface area (Å²) < 4.78 is 26.1. The molecule has 7 heteroatoms. The monoisotopic (exact) mass is 520 g/mol. The van der Waals surface area contributed by atoms with Gasteiger partial charge in [-0.2, -0.15) is 0 Å². The predicted molar refractivity (Wildman–Crippen MR) is 145 cm³/mol. The number of aryl methyl sites for hydroxylation is 2. The Bertz CT molecular complexity index is 1420. The summed E-state index contributed by atoms with van der Waals surface area (Å²) in [6, 6.07) is 24.2. The van der Waals surface area contributed by atoms with E-state index >= 15 is 0 Å². The molecule has 0 atom stereocenters. The summed E-state index contributed by atoms with van der Waals surface area (Å²) in [6.07, 6.45) is 3.34. The maximum Gasteiger partial charge on any atom is 0.206 e. The van der Waals surface area contributed by atoms with E-state index in [4.69, 9.17) is 23.2 Å². The van der Waals surface area contributed by atoms with Crippen molar-refractivity contribution in [3.63, 3.8) is 0 Å². The zero-order chi connectivity index (χ0) is 25.0. The van der Waals surface area contributed by atoms with E-state index in [0.29, 0.717) is 21.4 Å². The van der Waals surface area contributed by atoms with Crippen LogP contribution in [0.15, 0.2) is 105 Å². The van der Waals surface area contributed by atoms with Gasteiger partial charge in [0.2, 0.25) is 9.84 Å². The summed E-state index contributed by atoms with van der Waals surface area (Å²) in [5.41, 5.74) is 5.01. The maximum absolute atomic E-state index is 13.1. The summed E-state index contributed by atoms with van der Waals surface area (Å²) in [5, 5.41) is 1.21. The molecule has 0 saturated heterocycles. The molecular formula is C28H22Cl2N2O2S. The van der Waals surface area contributed by atoms with Crippen molar-refractivity contribution in [2.75, 3.05) is 0 Å². The first-order valence-corrected chi connectivity index (χ1v) is 13.0. The van der Waals surface area contributed by atoms with E-state index in [1.54, 1.807) is 61.0 Å². The molecule has 0 aromatic heterocycles. The van der Waals surface area contributed by atoms with Crippen LogP contribution in [-0.2, 0) is 9.84 Å². The van der Waals surface area contributed by atoms with Gasteiger partial charge in [0.05, 0.1) is 21.2 Å². The van der Waals surface area contributed by atoms with Crippen LogP contribution in [0.1, 0.15) is 22.3 Å². The minimum absolute atomic E-state index is 0.188. The van der Waals surface area contributed by atoms with Crippen molar-refractivity contribution in [1.82, 2.24) is 0 Å². The second kappa shape index (κ2) is 10.6. The molecular weight excluding hydrogens is 499 g/mol. The molecule has 0 aliphatic heterocycles. The fraction of sp³-hybridized carbons (Fsp3) is 0.0714. The number of nitrogens with zero attached hydrogens (tertiary/aromatic N) is 2. The molecule has 0 aliphatic rings. The third kappa shape index (κ3) is 6.06. The zero-order valence-corrected chi connectivity index (χ0v) is 21.4. The van der Waals surface area contributed by atoms with Crippen LogP contribution in [-0.4, -0.2) is 20.8 Å². The van der Waals surface area contributed by atoms with Gasteiger partial charge in [0.1, 0.15) is 0 Å². The number of aliphatic imine (C=N–C) groups is 2. The van der Waals surface area contributed by atoms with Crippen molar-refractivity contribution < 1.29 is 8.42 Å². The van der Waals surface area contributed by atoms with Gasteiger partial charge in [-0.25, -0.2) is 8.42 Å². The minimum atomic E-state index is -3.68. The van der Waals surface area contributed by atoms with Crippen LogP contribution in [0.4, 0.5) is 11.4 Å². The van der Waals surface area contributed by atoms with E-state index < -0.39 is 9.84 Å². The highest BCUT2D eigenvalue weighted by atomic mass is 35.5. The second-order valence-corrected chi connectivity index (χ2v) is 10.8. The molecule has 0 amide bonds. The third-order valence-corrected chi connectivity index (χ3v) is 7.78. The molecule has 35 heavy (non-hydrogen) atoms. The molecule has 0 aliphatic carbocycles. The SMILES string of the molecule is Cc1ccc(Cl)c(C=Nc2ccc(S(=O)(=O)c3ccc(N=Cc4cc(C)ccc4Cl)cc3)cc2)c1. The van der Waals surface area contributed by atoms with Crippen molar-refractivity contribution in [2.24, 2.45) is 9.98 Å². The van der Waals surface area contributed by atoms with Crippen LogP contribution in [0.2, 0.25) is 10.0 Å². The number of hydrogen-bond acceptors (Lipinski definition) is 4. The second-order valence-electron chi connectivity index (χ2n) is 8.06. The molecule has 176 valence electrons. The first-order valence-electron chi connectivity index (χ1n) is 10.8. The van der Waals surface area contributed by atoms with Crippen LogP contribution >= 0.6 is 23.2 Å². The Hall–Kier alpha value is -3.25. The molecule has 4 aromatic carbocycles. The Balaban J connectivity index is 1.50. The largest absolute Gasteiger partial charge is 0.256 e. The fourth-order valence-corrected chi connectivity index (χ4v) is 4.96. The third-order valence-electron chi connectivity index (χ3n) is 5.30. The van der Waals surface area contributed by atoms with Crippen LogP contribution in [0, 0.1) is 13.8 Å². The zero-order valence-electron chi connectivity index (χ0n) is 19.1. The van der Waals surface area contributed by atoms with E-state index in [0.717, 1.165) is 22.3 Å². The highest BCUT2D eigenvalue weighted by Crippen LogP contribution is 2.26. The molecule has 4 rings (SSSR count). The average molecular weight is 521 g/mol. The smallest absolute Gasteiger partial charge is 0.206 e. The molecule has 4 nitrogen and oxygen atoms in total. The van der Waals surface area contributed by atoms with E-state index in [1.807, 2.05) is 50.2 Å². The van der Waals surface area contributed by atoms with Crippen LogP contribution < -0.4 is 0 Å². The molecule has 0 fully saturated rings. The van der Waals surface area contributed by atoms with Crippen molar-refractivity contribution in [3.05, 3.63) is 117 Å². The molecule has 0 heterocycles. The van der Waals surface area contributed by atoms with Crippen LogP contribution in [0.5, 0.6) is 0 Å². The Morgan fingerprint density at radius 2 is 0.971 bits per heavy atom. The van der Waals surface area contributed by atoms with Gasteiger partial charge in [0.25, 0.3) is 0 Å². The summed E-state index contributed by atoms with van der Waals surface area (Å²) in [5.74, 6) is 0. The Labute approximate surface area is 215 Å². The number of sulfone groups is 1. The van der Waals surface area contributed by atoms with Crippen molar-refractivity contribution >= 4 is 56.8 Å². The highest BCUT2D eigenvalue weighted by Gasteiger charge is 2.17. The first kappa shape index (κ1) is 24.9. The summed E-state index contributed by atoms with van der Waals surface area (Å²) in [4.78, 5) is 9.20. The van der Waals surface area contributed by atoms with Crippen LogP contribution in [0.3, 0.4) is 0 Å². The summed E-state index contributed by atoms with van der Waals surface area (Å²) in [7, 11) is -3.68. The van der Waals surface area contributed by atoms with E-state index in [9.17, 15) is 8.42 Å². The van der Waals surface area contributed by atoms with E-state index in [-0.39, 0.29) is 9.79 Å². The first-order chi connectivity index (χ1) is 16.7. The van der Waals surface area contributed by atoms with Gasteiger partial charge in [-0.05, 0) is 86.6 Å². The van der Waals surface area contributed by atoms with Gasteiger partial charge in [-0.3, -0.25) is 9.98 Å². The van der Waals surface area contributed by atoms with E-state index in [2.05, 4.69) is 9.98 Å². The minimum Gasteiger partial charge on any atom is -0.256 e. The lowest BCUT2D eigenvalue weighted by molar-refractivity contribution is 0.596. The van der Waals surface area contributed by atoms with Gasteiger partial charge in [0, 0.05) is 33.6 Å². The lowest BCUT2D eigenvalue weighted by Gasteiger charge is -2.06. The lowest BCUT2D eigenvalue weighted by Crippen LogP contribution is -2.01. The fourth-order valence-electron chi connectivity index (χ4n) is 3.37. The molecule has 0 spiro atoms. The molecule has 4 aromatic rings. The number of halogens is 2. The average Bonchev–Trinajstić information content (AvgIpc) is 2.85. The molecule has 0 bridgehead atoms. The predicted octanol–water partition coefficient (Wildman–Crippen LogP) is 7.94. The van der Waals surface area contributed by atoms with Crippen LogP contribution in [0.25, 0.3) is 0 Å². The maximum atomic E-state index is 13.1. The summed E-state index contributed by atoms with van der Waals surface area (Å²) in [6.45, 7) is 3.96. The molecule has 0 saturated carbocycles. The van der Waals surface area contributed by atoms with Gasteiger partial charge in [-0.1, -0.05) is 46.5 Å². The van der Waals surface area contributed by atoms with Gasteiger partial charge < -0.3 is 0 Å². The Kier molecular flexibility index (Phi) is 7.51. The normalized spacial score (nSPS) is 12.0. The molecule has 0 radical (unpaired) electrons. The standard InChI is InChI=1S/C28H22Cl2N2O2S/c1-19-3-13-27(29)21(15-19)17-31-23-5-9-25(10-6-23)35(33,34)26-11-7-24(8-12-26)32-18-22-16-20(2)4-14-28(22)30/h3-18H,1-2H3. The Morgan fingerprint density at radius 1 is 0.600 bits per heavy atom. The van der Waals surface area contributed by atoms with E-state index in [1.165, 1.54) is 0 Å². The van der Waals surface area contributed by atoms with Gasteiger partial charge in [0.15, 0.2) is 0 Å². The lowest BCUT2D eigenvalue weighted by atomic mass is 10.1. The van der Waals surface area contributed by atoms with Gasteiger partial charge >= 0.3 is 0 Å². The topological polar surface area (TPSA) is 58.9 Å². The molecule has 0 N–H and O–H groups in total. The number of hydrogen-bond donors (Lipinski definition) is 0. The Morgan fingerprint density at radius 3 is 1.34 bits per heavy atom. The highest BCUT2D eigenvalue weighted by molar-refractivity contribution is 7.91. The summed E-state index contributed by atoms with van der Waals surface area (Å²) >= 11 is 12.4. The quantitative estimate of drug-likeness (QED) is 0.242. The number of rotatable bonds is 6.